The van der Waals surface area contributed by atoms with Gasteiger partial charge in [-0.3, -0.25) is 9.59 Å². The van der Waals surface area contributed by atoms with Crippen LogP contribution in [0.25, 0.3) is 0 Å². The largest absolute Gasteiger partial charge is 0.295 e. The summed E-state index contributed by atoms with van der Waals surface area (Å²) in [4.78, 5) is 22.6. The van der Waals surface area contributed by atoms with Crippen LogP contribution in [0, 0.1) is 0 Å². The summed E-state index contributed by atoms with van der Waals surface area (Å²) in [7, 11) is 0. The second kappa shape index (κ2) is 4.70. The van der Waals surface area contributed by atoms with Crippen molar-refractivity contribution in [1.29, 1.82) is 0 Å². The predicted octanol–water partition coefficient (Wildman–Crippen LogP) is 2.37. The van der Waals surface area contributed by atoms with E-state index < -0.39 is 0 Å². The molecule has 0 aromatic carbocycles. The predicted molar refractivity (Wildman–Crippen MR) is 55.9 cm³/mol. The van der Waals surface area contributed by atoms with E-state index in [4.69, 9.17) is 0 Å². The van der Waals surface area contributed by atoms with Crippen LogP contribution >= 0.6 is 0 Å². The van der Waals surface area contributed by atoms with Gasteiger partial charge in [0.15, 0.2) is 11.6 Å². The van der Waals surface area contributed by atoms with Crippen LogP contribution in [-0.4, -0.2) is 11.6 Å². The average molecular weight is 190 g/mol. The van der Waals surface area contributed by atoms with Crippen molar-refractivity contribution in [3.63, 3.8) is 0 Å². The lowest BCUT2D eigenvalue weighted by atomic mass is 9.99. The SMILES string of the molecule is CCC(=O)C1=CC=CC=C(C(C)=O)C1. The molecule has 0 spiro atoms. The number of hydrogen-bond donors (Lipinski definition) is 0. The van der Waals surface area contributed by atoms with Crippen molar-refractivity contribution in [1.82, 2.24) is 0 Å². The lowest BCUT2D eigenvalue weighted by molar-refractivity contribution is -0.115. The quantitative estimate of drug-likeness (QED) is 0.684. The van der Waals surface area contributed by atoms with Gasteiger partial charge >= 0.3 is 0 Å². The fourth-order valence-corrected chi connectivity index (χ4v) is 1.33. The highest BCUT2D eigenvalue weighted by Crippen LogP contribution is 2.17. The van der Waals surface area contributed by atoms with E-state index in [2.05, 4.69) is 0 Å². The summed E-state index contributed by atoms with van der Waals surface area (Å²) in [5, 5.41) is 0. The normalized spacial score (nSPS) is 15.6. The monoisotopic (exact) mass is 190 g/mol. The second-order valence-electron chi connectivity index (χ2n) is 3.28. The highest BCUT2D eigenvalue weighted by molar-refractivity contribution is 6.00. The maximum Gasteiger partial charge on any atom is 0.158 e. The minimum Gasteiger partial charge on any atom is -0.295 e. The van der Waals surface area contributed by atoms with Crippen molar-refractivity contribution in [2.45, 2.75) is 26.7 Å². The number of Topliss-reactive ketones (excluding diaryl/α,β-unsaturated/α-hetero) is 2. The van der Waals surface area contributed by atoms with E-state index in [1.807, 2.05) is 6.92 Å². The Kier molecular flexibility index (Phi) is 3.57. The molecule has 0 aromatic heterocycles. The molecule has 0 fully saturated rings. The topological polar surface area (TPSA) is 34.1 Å². The van der Waals surface area contributed by atoms with Crippen molar-refractivity contribution in [2.75, 3.05) is 0 Å². The zero-order chi connectivity index (χ0) is 10.6. The summed E-state index contributed by atoms with van der Waals surface area (Å²) in [6.07, 6.45) is 8.12. The molecule has 0 aromatic rings. The van der Waals surface area contributed by atoms with Gasteiger partial charge in [0.05, 0.1) is 0 Å². The Morgan fingerprint density at radius 3 is 2.29 bits per heavy atom. The maximum absolute atomic E-state index is 11.4. The van der Waals surface area contributed by atoms with Crippen LogP contribution in [-0.2, 0) is 9.59 Å². The molecular weight excluding hydrogens is 176 g/mol. The Hall–Kier alpha value is -1.44. The Morgan fingerprint density at radius 2 is 1.79 bits per heavy atom. The van der Waals surface area contributed by atoms with Gasteiger partial charge in [0.1, 0.15) is 0 Å². The molecule has 2 nitrogen and oxygen atoms in total. The van der Waals surface area contributed by atoms with E-state index in [9.17, 15) is 9.59 Å². The molecule has 0 saturated carbocycles. The first-order chi connectivity index (χ1) is 6.65. The third-order valence-corrected chi connectivity index (χ3v) is 2.22. The smallest absolute Gasteiger partial charge is 0.158 e. The van der Waals surface area contributed by atoms with E-state index >= 15 is 0 Å². The first-order valence-electron chi connectivity index (χ1n) is 4.75. The summed E-state index contributed by atoms with van der Waals surface area (Å²) < 4.78 is 0. The Labute approximate surface area is 84.0 Å². The lowest BCUT2D eigenvalue weighted by Gasteiger charge is -2.04. The van der Waals surface area contributed by atoms with Crippen LogP contribution in [0.4, 0.5) is 0 Å². The molecule has 0 unspecified atom stereocenters. The first kappa shape index (κ1) is 10.6. The van der Waals surface area contributed by atoms with Crippen molar-refractivity contribution >= 4 is 11.6 Å². The standard InChI is InChI=1S/C12H14O2/c1-3-12(14)11-7-5-4-6-10(8-11)9(2)13/h4-7H,3,8H2,1-2H3. The van der Waals surface area contributed by atoms with E-state index in [0.29, 0.717) is 18.4 Å². The van der Waals surface area contributed by atoms with Crippen molar-refractivity contribution in [2.24, 2.45) is 0 Å². The molecule has 14 heavy (non-hydrogen) atoms. The molecule has 1 aliphatic rings. The van der Waals surface area contributed by atoms with E-state index in [1.54, 1.807) is 24.3 Å². The third kappa shape index (κ3) is 2.52. The molecule has 0 bridgehead atoms. The number of hydrogen-bond acceptors (Lipinski definition) is 2. The van der Waals surface area contributed by atoms with Crippen LogP contribution in [0.3, 0.4) is 0 Å². The lowest BCUT2D eigenvalue weighted by Crippen LogP contribution is -2.05. The van der Waals surface area contributed by atoms with Gasteiger partial charge in [-0.1, -0.05) is 31.2 Å². The van der Waals surface area contributed by atoms with Gasteiger partial charge in [-0.25, -0.2) is 0 Å². The zero-order valence-corrected chi connectivity index (χ0v) is 8.54. The summed E-state index contributed by atoms with van der Waals surface area (Å²) in [5.74, 6) is 0.148. The van der Waals surface area contributed by atoms with Gasteiger partial charge in [-0.05, 0) is 18.1 Å². The Balaban J connectivity index is 2.89. The molecule has 0 N–H and O–H groups in total. The summed E-state index contributed by atoms with van der Waals surface area (Å²) in [6.45, 7) is 3.36. The second-order valence-corrected chi connectivity index (χ2v) is 3.28. The van der Waals surface area contributed by atoms with Crippen LogP contribution < -0.4 is 0 Å². The minimum absolute atomic E-state index is 0.0337. The average Bonchev–Trinajstić information content (AvgIpc) is 2.41. The number of rotatable bonds is 3. The van der Waals surface area contributed by atoms with Gasteiger partial charge in [-0.15, -0.1) is 0 Å². The number of allylic oxidation sites excluding steroid dienone is 6. The van der Waals surface area contributed by atoms with Crippen molar-refractivity contribution in [3.05, 3.63) is 35.5 Å². The minimum atomic E-state index is 0.0337. The molecule has 0 heterocycles. The maximum atomic E-state index is 11.4. The molecule has 2 heteroatoms. The highest BCUT2D eigenvalue weighted by Gasteiger charge is 2.12. The summed E-state index contributed by atoms with van der Waals surface area (Å²) >= 11 is 0. The molecule has 0 radical (unpaired) electrons. The first-order valence-corrected chi connectivity index (χ1v) is 4.75. The van der Waals surface area contributed by atoms with Crippen LogP contribution in [0.5, 0.6) is 0 Å². The van der Waals surface area contributed by atoms with Gasteiger partial charge < -0.3 is 0 Å². The number of ketones is 2. The molecule has 1 rings (SSSR count). The van der Waals surface area contributed by atoms with Crippen LogP contribution in [0.2, 0.25) is 0 Å². The molecular formula is C12H14O2. The highest BCUT2D eigenvalue weighted by atomic mass is 16.1. The molecule has 0 amide bonds. The van der Waals surface area contributed by atoms with Gasteiger partial charge in [0.2, 0.25) is 0 Å². The van der Waals surface area contributed by atoms with Gasteiger partial charge in [-0.2, -0.15) is 0 Å². The van der Waals surface area contributed by atoms with Crippen LogP contribution in [0.15, 0.2) is 35.5 Å². The number of carbonyl (C=O) groups is 2. The summed E-state index contributed by atoms with van der Waals surface area (Å²) in [6, 6.07) is 0. The fraction of sp³-hybridized carbons (Fsp3) is 0.333. The van der Waals surface area contributed by atoms with Gasteiger partial charge in [0.25, 0.3) is 0 Å². The zero-order valence-electron chi connectivity index (χ0n) is 8.54. The molecule has 0 aliphatic heterocycles. The van der Waals surface area contributed by atoms with E-state index in [1.165, 1.54) is 6.92 Å². The summed E-state index contributed by atoms with van der Waals surface area (Å²) in [5.41, 5.74) is 1.43. The van der Waals surface area contributed by atoms with Crippen molar-refractivity contribution < 1.29 is 9.59 Å². The molecule has 74 valence electrons. The Bertz CT molecular complexity index is 343. The number of carbonyl (C=O) groups excluding carboxylic acids is 2. The van der Waals surface area contributed by atoms with E-state index in [0.717, 1.165) is 5.57 Å². The fourth-order valence-electron chi connectivity index (χ4n) is 1.33. The Morgan fingerprint density at radius 1 is 1.21 bits per heavy atom. The van der Waals surface area contributed by atoms with Gasteiger partial charge in [0, 0.05) is 12.8 Å². The molecule has 0 saturated heterocycles. The third-order valence-electron chi connectivity index (χ3n) is 2.22. The molecule has 0 atom stereocenters. The van der Waals surface area contributed by atoms with E-state index in [-0.39, 0.29) is 11.6 Å². The molecule has 1 aliphatic carbocycles. The van der Waals surface area contributed by atoms with Crippen LogP contribution in [0.1, 0.15) is 26.7 Å². The van der Waals surface area contributed by atoms with Crippen molar-refractivity contribution in [3.8, 4) is 0 Å².